The van der Waals surface area contributed by atoms with Crippen molar-refractivity contribution in [1.29, 1.82) is 0 Å². The number of aryl methyl sites for hydroxylation is 2. The number of rotatable bonds is 4. The Morgan fingerprint density at radius 1 is 0.960 bits per heavy atom. The van der Waals surface area contributed by atoms with Gasteiger partial charge in [-0.15, -0.1) is 5.10 Å². The van der Waals surface area contributed by atoms with Crippen LogP contribution in [0.1, 0.15) is 18.1 Å². The number of nitrogens with one attached hydrogen (secondary N) is 1. The Hall–Kier alpha value is -3.14. The second kappa shape index (κ2) is 6.40. The van der Waals surface area contributed by atoms with Crippen molar-refractivity contribution in [2.45, 2.75) is 20.3 Å². The van der Waals surface area contributed by atoms with Crippen LogP contribution >= 0.6 is 0 Å². The predicted molar refractivity (Wildman–Crippen MR) is 102 cm³/mol. The quantitative estimate of drug-likeness (QED) is 0.572. The number of pyridine rings is 1. The fourth-order valence-corrected chi connectivity index (χ4v) is 2.87. The maximum absolute atomic E-state index is 4.69. The van der Waals surface area contributed by atoms with Gasteiger partial charge in [0.1, 0.15) is 0 Å². The lowest BCUT2D eigenvalue weighted by Crippen LogP contribution is -1.93. The van der Waals surface area contributed by atoms with Gasteiger partial charge < -0.3 is 5.32 Å². The van der Waals surface area contributed by atoms with Crippen molar-refractivity contribution in [3.8, 4) is 11.1 Å². The van der Waals surface area contributed by atoms with E-state index in [0.29, 0.717) is 5.95 Å². The van der Waals surface area contributed by atoms with Crippen molar-refractivity contribution in [2.75, 3.05) is 5.32 Å². The number of nitrogens with zero attached hydrogens (tertiary/aromatic N) is 3. The molecule has 2 aromatic carbocycles. The molecule has 0 aliphatic rings. The van der Waals surface area contributed by atoms with Gasteiger partial charge in [-0.25, -0.2) is 4.52 Å². The summed E-state index contributed by atoms with van der Waals surface area (Å²) < 4.78 is 1.82. The van der Waals surface area contributed by atoms with E-state index < -0.39 is 0 Å². The van der Waals surface area contributed by atoms with Crippen LogP contribution in [0.3, 0.4) is 0 Å². The van der Waals surface area contributed by atoms with Crippen LogP contribution in [0.25, 0.3) is 16.8 Å². The molecule has 0 atom stereocenters. The van der Waals surface area contributed by atoms with Gasteiger partial charge in [-0.2, -0.15) is 4.98 Å². The van der Waals surface area contributed by atoms with Crippen molar-refractivity contribution in [2.24, 2.45) is 0 Å². The molecular formula is C21H20N4. The maximum atomic E-state index is 4.69. The standard InChI is InChI=1S/C21H20N4/c1-3-16-8-12-18(13-9-16)22-21-23-20-19(5-4-14-25(20)24-21)17-10-6-15(2)7-11-17/h4-14H,3H2,1-2H3,(H,22,24). The summed E-state index contributed by atoms with van der Waals surface area (Å²) in [6, 6.07) is 20.9. The number of anilines is 2. The van der Waals surface area contributed by atoms with E-state index in [2.05, 4.69) is 78.9 Å². The van der Waals surface area contributed by atoms with E-state index in [1.807, 2.05) is 16.8 Å². The van der Waals surface area contributed by atoms with E-state index >= 15 is 0 Å². The summed E-state index contributed by atoms with van der Waals surface area (Å²) in [7, 11) is 0. The summed E-state index contributed by atoms with van der Waals surface area (Å²) >= 11 is 0. The number of hydrogen-bond acceptors (Lipinski definition) is 3. The lowest BCUT2D eigenvalue weighted by Gasteiger charge is -2.03. The smallest absolute Gasteiger partial charge is 0.247 e. The first-order chi connectivity index (χ1) is 12.2. The first-order valence-corrected chi connectivity index (χ1v) is 8.51. The normalized spacial score (nSPS) is 11.0. The van der Waals surface area contributed by atoms with Gasteiger partial charge in [0, 0.05) is 17.4 Å². The molecule has 0 saturated carbocycles. The first kappa shape index (κ1) is 15.4. The molecule has 0 radical (unpaired) electrons. The molecule has 0 fully saturated rings. The fourth-order valence-electron chi connectivity index (χ4n) is 2.87. The third-order valence-corrected chi connectivity index (χ3v) is 4.34. The van der Waals surface area contributed by atoms with Crippen LogP contribution in [0, 0.1) is 6.92 Å². The van der Waals surface area contributed by atoms with Crippen LogP contribution in [0.2, 0.25) is 0 Å². The average molecular weight is 328 g/mol. The van der Waals surface area contributed by atoms with Gasteiger partial charge in [0.05, 0.1) is 0 Å². The molecule has 0 unspecified atom stereocenters. The van der Waals surface area contributed by atoms with Gasteiger partial charge in [-0.05, 0) is 48.7 Å². The molecule has 4 heteroatoms. The Labute approximate surface area is 147 Å². The number of fused-ring (bicyclic) bond motifs is 1. The molecule has 1 N–H and O–H groups in total. The second-order valence-electron chi connectivity index (χ2n) is 6.17. The van der Waals surface area contributed by atoms with Crippen molar-refractivity contribution in [3.05, 3.63) is 78.0 Å². The molecule has 0 bridgehead atoms. The van der Waals surface area contributed by atoms with Crippen LogP contribution in [-0.4, -0.2) is 14.6 Å². The Morgan fingerprint density at radius 2 is 1.72 bits per heavy atom. The van der Waals surface area contributed by atoms with Gasteiger partial charge >= 0.3 is 0 Å². The van der Waals surface area contributed by atoms with Gasteiger partial charge in [-0.3, -0.25) is 0 Å². The summed E-state index contributed by atoms with van der Waals surface area (Å²) in [6.45, 7) is 4.24. The molecule has 2 heterocycles. The molecule has 0 saturated heterocycles. The summed E-state index contributed by atoms with van der Waals surface area (Å²) in [5.41, 5.74) is 6.61. The summed E-state index contributed by atoms with van der Waals surface area (Å²) in [5.74, 6) is 0.601. The topological polar surface area (TPSA) is 42.2 Å². The summed E-state index contributed by atoms with van der Waals surface area (Å²) in [6.07, 6.45) is 2.96. The molecule has 0 amide bonds. The minimum atomic E-state index is 0.601. The molecule has 0 aliphatic carbocycles. The third-order valence-electron chi connectivity index (χ3n) is 4.34. The Kier molecular flexibility index (Phi) is 3.94. The highest BCUT2D eigenvalue weighted by Gasteiger charge is 2.09. The third kappa shape index (κ3) is 3.11. The highest BCUT2D eigenvalue weighted by atomic mass is 15.3. The average Bonchev–Trinajstić information content (AvgIpc) is 3.05. The molecule has 0 spiro atoms. The van der Waals surface area contributed by atoms with Gasteiger partial charge in [0.2, 0.25) is 5.95 Å². The second-order valence-corrected chi connectivity index (χ2v) is 6.17. The lowest BCUT2D eigenvalue weighted by molar-refractivity contribution is 0.966. The molecular weight excluding hydrogens is 308 g/mol. The zero-order valence-electron chi connectivity index (χ0n) is 14.4. The van der Waals surface area contributed by atoms with Crippen molar-refractivity contribution in [1.82, 2.24) is 14.6 Å². The predicted octanol–water partition coefficient (Wildman–Crippen LogP) is 5.01. The maximum Gasteiger partial charge on any atom is 0.247 e. The number of aromatic nitrogens is 3. The highest BCUT2D eigenvalue weighted by molar-refractivity contribution is 5.78. The minimum absolute atomic E-state index is 0.601. The van der Waals surface area contributed by atoms with E-state index in [9.17, 15) is 0 Å². The van der Waals surface area contributed by atoms with Gasteiger partial charge in [0.25, 0.3) is 0 Å². The minimum Gasteiger partial charge on any atom is -0.323 e. The monoisotopic (exact) mass is 328 g/mol. The van der Waals surface area contributed by atoms with Crippen molar-refractivity contribution in [3.63, 3.8) is 0 Å². The van der Waals surface area contributed by atoms with Crippen LogP contribution in [0.15, 0.2) is 66.9 Å². The Bertz CT molecular complexity index is 998. The number of hydrogen-bond donors (Lipinski definition) is 1. The van der Waals surface area contributed by atoms with E-state index in [0.717, 1.165) is 28.9 Å². The van der Waals surface area contributed by atoms with Crippen molar-refractivity contribution >= 4 is 17.3 Å². The van der Waals surface area contributed by atoms with E-state index in [4.69, 9.17) is 4.98 Å². The summed E-state index contributed by atoms with van der Waals surface area (Å²) in [5, 5.41) is 7.84. The Morgan fingerprint density at radius 3 is 2.44 bits per heavy atom. The molecule has 4 rings (SSSR count). The van der Waals surface area contributed by atoms with E-state index in [-0.39, 0.29) is 0 Å². The molecule has 124 valence electrons. The largest absolute Gasteiger partial charge is 0.323 e. The Balaban J connectivity index is 1.70. The molecule has 0 aliphatic heterocycles. The van der Waals surface area contributed by atoms with Crippen molar-refractivity contribution < 1.29 is 0 Å². The van der Waals surface area contributed by atoms with Crippen LogP contribution in [0.5, 0.6) is 0 Å². The molecule has 4 aromatic rings. The lowest BCUT2D eigenvalue weighted by atomic mass is 10.1. The highest BCUT2D eigenvalue weighted by Crippen LogP contribution is 2.25. The van der Waals surface area contributed by atoms with E-state index in [1.165, 1.54) is 11.1 Å². The van der Waals surface area contributed by atoms with Gasteiger partial charge in [0.15, 0.2) is 5.65 Å². The fraction of sp³-hybridized carbons (Fsp3) is 0.143. The van der Waals surface area contributed by atoms with Gasteiger partial charge in [-0.1, -0.05) is 48.9 Å². The SMILES string of the molecule is CCc1ccc(Nc2nc3c(-c4ccc(C)cc4)cccn3n2)cc1. The van der Waals surface area contributed by atoms with Crippen LogP contribution < -0.4 is 5.32 Å². The summed E-state index contributed by atoms with van der Waals surface area (Å²) in [4.78, 5) is 4.69. The van der Waals surface area contributed by atoms with Crippen LogP contribution in [0.4, 0.5) is 11.6 Å². The molecule has 2 aromatic heterocycles. The first-order valence-electron chi connectivity index (χ1n) is 8.51. The zero-order chi connectivity index (χ0) is 17.2. The number of benzene rings is 2. The molecule has 4 nitrogen and oxygen atoms in total. The zero-order valence-corrected chi connectivity index (χ0v) is 14.4. The van der Waals surface area contributed by atoms with Crippen LogP contribution in [-0.2, 0) is 6.42 Å². The van der Waals surface area contributed by atoms with E-state index in [1.54, 1.807) is 0 Å². The molecule has 25 heavy (non-hydrogen) atoms.